The number of carbonyl (C=O) groups excluding carboxylic acids is 1. The fourth-order valence-electron chi connectivity index (χ4n) is 1.89. The summed E-state index contributed by atoms with van der Waals surface area (Å²) in [5.41, 5.74) is 1.57. The molecule has 0 bridgehead atoms. The first kappa shape index (κ1) is 13.3. The van der Waals surface area contributed by atoms with Crippen molar-refractivity contribution in [2.75, 3.05) is 0 Å². The highest BCUT2D eigenvalue weighted by atomic mass is 19.4. The first-order valence-corrected chi connectivity index (χ1v) is 5.65. The zero-order valence-corrected chi connectivity index (χ0v) is 10.2. The van der Waals surface area contributed by atoms with Crippen molar-refractivity contribution in [3.05, 3.63) is 59.2 Å². The van der Waals surface area contributed by atoms with E-state index in [0.717, 1.165) is 17.7 Å². The topological polar surface area (TPSA) is 17.1 Å². The molecule has 1 nitrogen and oxygen atoms in total. The van der Waals surface area contributed by atoms with Gasteiger partial charge < -0.3 is 0 Å². The number of hydrogen-bond acceptors (Lipinski definition) is 1. The minimum absolute atomic E-state index is 0.439. The van der Waals surface area contributed by atoms with Crippen LogP contribution in [-0.4, -0.2) is 6.29 Å². The molecule has 0 spiro atoms. The summed E-state index contributed by atoms with van der Waals surface area (Å²) in [5.74, 6) is 0. The largest absolute Gasteiger partial charge is 0.416 e. The predicted octanol–water partition coefficient (Wildman–Crippen LogP) is 4.49. The maximum Gasteiger partial charge on any atom is 0.416 e. The van der Waals surface area contributed by atoms with Gasteiger partial charge in [0.1, 0.15) is 6.29 Å². The van der Waals surface area contributed by atoms with Gasteiger partial charge in [-0.2, -0.15) is 13.2 Å². The van der Waals surface area contributed by atoms with Gasteiger partial charge in [-0.3, -0.25) is 4.79 Å². The van der Waals surface area contributed by atoms with Crippen molar-refractivity contribution in [3.63, 3.8) is 0 Å². The molecule has 2 aromatic rings. The minimum atomic E-state index is -4.37. The molecule has 98 valence electrons. The van der Waals surface area contributed by atoms with Crippen LogP contribution in [0.1, 0.15) is 21.5 Å². The fourth-order valence-corrected chi connectivity index (χ4v) is 1.89. The monoisotopic (exact) mass is 264 g/mol. The molecule has 2 aromatic carbocycles. The standard InChI is InChI=1S/C15H11F3O/c1-10-5-6-13(15(16,17)18)8-14(10)12-4-2-3-11(7-12)9-19/h2-9H,1H3. The molecule has 19 heavy (non-hydrogen) atoms. The van der Waals surface area contributed by atoms with E-state index >= 15 is 0 Å². The molecular formula is C15H11F3O. The molecule has 0 atom stereocenters. The quantitative estimate of drug-likeness (QED) is 0.730. The lowest BCUT2D eigenvalue weighted by Crippen LogP contribution is -2.05. The summed E-state index contributed by atoms with van der Waals surface area (Å²) in [6, 6.07) is 10.1. The maximum atomic E-state index is 12.7. The Hall–Kier alpha value is -2.10. The molecule has 4 heteroatoms. The number of aryl methyl sites for hydroxylation is 1. The molecule has 0 amide bonds. The molecule has 0 aliphatic carbocycles. The Morgan fingerprint density at radius 1 is 1.05 bits per heavy atom. The van der Waals surface area contributed by atoms with Crippen LogP contribution >= 0.6 is 0 Å². The Morgan fingerprint density at radius 3 is 2.42 bits per heavy atom. The van der Waals surface area contributed by atoms with E-state index in [1.165, 1.54) is 6.07 Å². The van der Waals surface area contributed by atoms with Gasteiger partial charge in [0.25, 0.3) is 0 Å². The molecule has 0 N–H and O–H groups in total. The van der Waals surface area contributed by atoms with Gasteiger partial charge in [-0.05, 0) is 41.8 Å². The average molecular weight is 264 g/mol. The van der Waals surface area contributed by atoms with Gasteiger partial charge in [-0.15, -0.1) is 0 Å². The third kappa shape index (κ3) is 2.84. The van der Waals surface area contributed by atoms with Crippen LogP contribution < -0.4 is 0 Å². The molecule has 0 aromatic heterocycles. The molecular weight excluding hydrogens is 253 g/mol. The van der Waals surface area contributed by atoms with Crippen molar-refractivity contribution in [2.24, 2.45) is 0 Å². The Bertz CT molecular complexity index is 615. The van der Waals surface area contributed by atoms with Crippen molar-refractivity contribution >= 4 is 6.29 Å². The highest BCUT2D eigenvalue weighted by Crippen LogP contribution is 2.33. The number of halogens is 3. The van der Waals surface area contributed by atoms with E-state index in [2.05, 4.69) is 0 Å². The lowest BCUT2D eigenvalue weighted by atomic mass is 9.97. The van der Waals surface area contributed by atoms with Gasteiger partial charge in [0.2, 0.25) is 0 Å². The summed E-state index contributed by atoms with van der Waals surface area (Å²) in [4.78, 5) is 10.7. The maximum absolute atomic E-state index is 12.7. The smallest absolute Gasteiger partial charge is 0.298 e. The average Bonchev–Trinajstić information content (AvgIpc) is 2.38. The van der Waals surface area contributed by atoms with Crippen molar-refractivity contribution < 1.29 is 18.0 Å². The van der Waals surface area contributed by atoms with Crippen molar-refractivity contribution in [1.82, 2.24) is 0 Å². The van der Waals surface area contributed by atoms with Gasteiger partial charge in [0.15, 0.2) is 0 Å². The van der Waals surface area contributed by atoms with Crippen LogP contribution in [0.3, 0.4) is 0 Å². The van der Waals surface area contributed by atoms with E-state index in [1.54, 1.807) is 31.2 Å². The summed E-state index contributed by atoms with van der Waals surface area (Å²) in [5, 5.41) is 0. The van der Waals surface area contributed by atoms with E-state index in [4.69, 9.17) is 0 Å². The van der Waals surface area contributed by atoms with Crippen LogP contribution in [0.15, 0.2) is 42.5 Å². The fraction of sp³-hybridized carbons (Fsp3) is 0.133. The summed E-state index contributed by atoms with van der Waals surface area (Å²) >= 11 is 0. The van der Waals surface area contributed by atoms with Gasteiger partial charge in [0, 0.05) is 5.56 Å². The summed E-state index contributed by atoms with van der Waals surface area (Å²) in [7, 11) is 0. The second-order valence-corrected chi connectivity index (χ2v) is 4.27. The highest BCUT2D eigenvalue weighted by molar-refractivity contribution is 5.79. The minimum Gasteiger partial charge on any atom is -0.298 e. The summed E-state index contributed by atoms with van der Waals surface area (Å²) in [6.07, 6.45) is -3.70. The van der Waals surface area contributed by atoms with E-state index in [0.29, 0.717) is 23.0 Å². The Labute approximate surface area is 108 Å². The first-order valence-electron chi connectivity index (χ1n) is 5.65. The number of rotatable bonds is 2. The number of benzene rings is 2. The van der Waals surface area contributed by atoms with Crippen LogP contribution in [0.2, 0.25) is 0 Å². The van der Waals surface area contributed by atoms with Crippen LogP contribution in [0.25, 0.3) is 11.1 Å². The molecule has 0 saturated heterocycles. The number of aldehydes is 1. The van der Waals surface area contributed by atoms with Gasteiger partial charge in [-0.1, -0.05) is 24.3 Å². The Kier molecular flexibility index (Phi) is 3.42. The zero-order valence-electron chi connectivity index (χ0n) is 10.2. The lowest BCUT2D eigenvalue weighted by Gasteiger charge is -2.12. The van der Waals surface area contributed by atoms with Gasteiger partial charge >= 0.3 is 6.18 Å². The molecule has 0 fully saturated rings. The number of hydrogen-bond donors (Lipinski definition) is 0. The van der Waals surface area contributed by atoms with Crippen LogP contribution in [0.4, 0.5) is 13.2 Å². The molecule has 0 unspecified atom stereocenters. The Balaban J connectivity index is 2.57. The summed E-state index contributed by atoms with van der Waals surface area (Å²) < 4.78 is 38.1. The summed E-state index contributed by atoms with van der Waals surface area (Å²) in [6.45, 7) is 1.74. The molecule has 0 saturated carbocycles. The van der Waals surface area contributed by atoms with E-state index in [9.17, 15) is 18.0 Å². The second kappa shape index (κ2) is 4.88. The van der Waals surface area contributed by atoms with Gasteiger partial charge in [0.05, 0.1) is 5.56 Å². The van der Waals surface area contributed by atoms with E-state index in [1.807, 2.05) is 0 Å². The first-order chi connectivity index (χ1) is 8.91. The lowest BCUT2D eigenvalue weighted by molar-refractivity contribution is -0.137. The molecule has 0 aliphatic heterocycles. The van der Waals surface area contributed by atoms with Crippen molar-refractivity contribution in [1.29, 1.82) is 0 Å². The molecule has 0 radical (unpaired) electrons. The van der Waals surface area contributed by atoms with E-state index in [-0.39, 0.29) is 0 Å². The number of carbonyl (C=O) groups is 1. The van der Waals surface area contributed by atoms with Crippen LogP contribution in [0, 0.1) is 6.92 Å². The zero-order chi connectivity index (χ0) is 14.0. The van der Waals surface area contributed by atoms with Crippen LogP contribution in [-0.2, 0) is 6.18 Å². The Morgan fingerprint density at radius 2 is 1.79 bits per heavy atom. The molecule has 0 heterocycles. The predicted molar refractivity (Wildman–Crippen MR) is 67.0 cm³/mol. The normalized spacial score (nSPS) is 11.4. The SMILES string of the molecule is Cc1ccc(C(F)(F)F)cc1-c1cccc(C=O)c1. The second-order valence-electron chi connectivity index (χ2n) is 4.27. The molecule has 2 rings (SSSR count). The molecule has 0 aliphatic rings. The third-order valence-corrected chi connectivity index (χ3v) is 2.90. The van der Waals surface area contributed by atoms with Crippen molar-refractivity contribution in [2.45, 2.75) is 13.1 Å². The van der Waals surface area contributed by atoms with Gasteiger partial charge in [-0.25, -0.2) is 0 Å². The number of alkyl halides is 3. The van der Waals surface area contributed by atoms with Crippen molar-refractivity contribution in [3.8, 4) is 11.1 Å². The highest BCUT2D eigenvalue weighted by Gasteiger charge is 2.30. The third-order valence-electron chi connectivity index (χ3n) is 2.90. The van der Waals surface area contributed by atoms with Crippen LogP contribution in [0.5, 0.6) is 0 Å². The van der Waals surface area contributed by atoms with E-state index < -0.39 is 11.7 Å².